The molecule has 1 aromatic heterocycles. The van der Waals surface area contributed by atoms with Crippen LogP contribution in [0.25, 0.3) is 0 Å². The van der Waals surface area contributed by atoms with Crippen molar-refractivity contribution in [2.45, 2.75) is 83.1 Å². The summed E-state index contributed by atoms with van der Waals surface area (Å²) in [5.41, 5.74) is 3.07. The van der Waals surface area contributed by atoms with E-state index in [-0.39, 0.29) is 23.9 Å². The molecule has 0 saturated carbocycles. The topological polar surface area (TPSA) is 79.7 Å². The van der Waals surface area contributed by atoms with Crippen LogP contribution in [-0.4, -0.2) is 63.6 Å². The molecule has 36 heavy (non-hydrogen) atoms. The van der Waals surface area contributed by atoms with Crippen molar-refractivity contribution in [1.29, 1.82) is 0 Å². The van der Waals surface area contributed by atoms with Gasteiger partial charge in [0.15, 0.2) is 0 Å². The number of ether oxygens (including phenoxy) is 1. The maximum atomic E-state index is 13.8. The molecule has 3 aliphatic heterocycles. The highest BCUT2D eigenvalue weighted by Gasteiger charge is 2.42. The first-order valence-corrected chi connectivity index (χ1v) is 13.0. The SMILES string of the molecule is COC(=O)N1CCc2c(nc(C)n2C2C[C@H]3CC[C@@H](C2)N3CC[C@H](NC(C)=O)c2cccc(F)c2)C1. The Morgan fingerprint density at radius 3 is 2.64 bits per heavy atom. The zero-order valence-corrected chi connectivity index (χ0v) is 21.4. The monoisotopic (exact) mass is 497 g/mol. The quantitative estimate of drug-likeness (QED) is 0.655. The van der Waals surface area contributed by atoms with Crippen LogP contribution in [-0.2, 0) is 22.5 Å². The molecular weight excluding hydrogens is 461 g/mol. The van der Waals surface area contributed by atoms with Gasteiger partial charge in [0.1, 0.15) is 11.6 Å². The normalized spacial score (nSPS) is 24.3. The predicted molar refractivity (Wildman–Crippen MR) is 133 cm³/mol. The molecule has 2 amide bonds. The summed E-state index contributed by atoms with van der Waals surface area (Å²) in [6.45, 7) is 5.62. The first-order chi connectivity index (χ1) is 17.3. The average Bonchev–Trinajstić information content (AvgIpc) is 3.30. The standard InChI is InChI=1S/C27H36FN5O3/c1-17-29-25-16-31(27(35)36-3)11-10-26(25)33(17)23-14-21-7-8-22(15-23)32(21)12-9-24(30-18(2)34)19-5-4-6-20(28)13-19/h4-6,13,21-24H,7-12,14-16H2,1-3H3,(H,30,34)/t21-,22+,23?,24-/m0/s1. The molecule has 1 aromatic carbocycles. The number of piperidine rings is 1. The molecule has 0 aliphatic carbocycles. The van der Waals surface area contributed by atoms with Crippen molar-refractivity contribution in [2.75, 3.05) is 20.2 Å². The number of benzene rings is 1. The second-order valence-corrected chi connectivity index (χ2v) is 10.4. The van der Waals surface area contributed by atoms with Crippen LogP contribution in [0.3, 0.4) is 0 Å². The third kappa shape index (κ3) is 4.85. The van der Waals surface area contributed by atoms with Gasteiger partial charge in [-0.25, -0.2) is 14.2 Å². The van der Waals surface area contributed by atoms with E-state index in [9.17, 15) is 14.0 Å². The van der Waals surface area contributed by atoms with Crippen LogP contribution in [0.15, 0.2) is 24.3 Å². The maximum absolute atomic E-state index is 13.8. The Balaban J connectivity index is 1.27. The molecule has 1 N–H and O–H groups in total. The van der Waals surface area contributed by atoms with Crippen molar-refractivity contribution in [3.05, 3.63) is 52.9 Å². The number of nitrogens with zero attached hydrogens (tertiary/aromatic N) is 4. The molecule has 1 unspecified atom stereocenters. The summed E-state index contributed by atoms with van der Waals surface area (Å²) in [7, 11) is 1.42. The minimum Gasteiger partial charge on any atom is -0.453 e. The van der Waals surface area contributed by atoms with Crippen molar-refractivity contribution in [1.82, 2.24) is 24.7 Å². The molecule has 3 aliphatic rings. The zero-order chi connectivity index (χ0) is 25.4. The second kappa shape index (κ2) is 10.2. The van der Waals surface area contributed by atoms with E-state index in [0.29, 0.717) is 31.2 Å². The predicted octanol–water partition coefficient (Wildman–Crippen LogP) is 3.89. The van der Waals surface area contributed by atoms with E-state index in [1.165, 1.54) is 44.7 Å². The van der Waals surface area contributed by atoms with E-state index in [1.807, 2.05) is 6.07 Å². The molecule has 2 fully saturated rings. The fourth-order valence-electron chi connectivity index (χ4n) is 6.70. The summed E-state index contributed by atoms with van der Waals surface area (Å²) < 4.78 is 21.2. The lowest BCUT2D eigenvalue weighted by Gasteiger charge is -2.41. The lowest BCUT2D eigenvalue weighted by atomic mass is 9.94. The Bertz CT molecular complexity index is 1120. The van der Waals surface area contributed by atoms with Crippen molar-refractivity contribution in [3.8, 4) is 0 Å². The second-order valence-electron chi connectivity index (χ2n) is 10.4. The minimum atomic E-state index is -0.296. The molecule has 5 rings (SSSR count). The number of aryl methyl sites for hydroxylation is 1. The number of nitrogens with one attached hydrogen (secondary N) is 1. The van der Waals surface area contributed by atoms with Crippen LogP contribution >= 0.6 is 0 Å². The number of halogens is 1. The summed E-state index contributed by atoms with van der Waals surface area (Å²) in [5, 5.41) is 3.02. The number of fused-ring (bicyclic) bond motifs is 3. The van der Waals surface area contributed by atoms with Gasteiger partial charge in [0, 0.05) is 50.3 Å². The Hall–Kier alpha value is -2.94. The summed E-state index contributed by atoms with van der Waals surface area (Å²) in [5.74, 6) is 0.649. The summed E-state index contributed by atoms with van der Waals surface area (Å²) in [6, 6.07) is 7.74. The van der Waals surface area contributed by atoms with E-state index in [0.717, 1.165) is 49.3 Å². The van der Waals surface area contributed by atoms with Crippen molar-refractivity contribution < 1.29 is 18.7 Å². The summed E-state index contributed by atoms with van der Waals surface area (Å²) in [4.78, 5) is 33.0. The van der Waals surface area contributed by atoms with Crippen LogP contribution in [0.1, 0.15) is 73.9 Å². The third-order valence-corrected chi connectivity index (χ3v) is 8.19. The molecule has 194 valence electrons. The van der Waals surface area contributed by atoms with Gasteiger partial charge in [0.2, 0.25) is 5.91 Å². The first-order valence-electron chi connectivity index (χ1n) is 13.0. The lowest BCUT2D eigenvalue weighted by molar-refractivity contribution is -0.119. The Morgan fingerprint density at radius 2 is 1.97 bits per heavy atom. The highest BCUT2D eigenvalue weighted by Crippen LogP contribution is 2.43. The molecule has 0 spiro atoms. The number of rotatable bonds is 6. The van der Waals surface area contributed by atoms with Crippen molar-refractivity contribution >= 4 is 12.0 Å². The van der Waals surface area contributed by atoms with Crippen molar-refractivity contribution in [2.24, 2.45) is 0 Å². The van der Waals surface area contributed by atoms with Crippen LogP contribution in [0.5, 0.6) is 0 Å². The van der Waals surface area contributed by atoms with Gasteiger partial charge < -0.3 is 19.5 Å². The van der Waals surface area contributed by atoms with Gasteiger partial charge in [0.05, 0.1) is 25.4 Å². The number of carbonyl (C=O) groups excluding carboxylic acids is 2. The highest BCUT2D eigenvalue weighted by molar-refractivity contribution is 5.73. The molecule has 2 aromatic rings. The van der Waals surface area contributed by atoms with E-state index in [2.05, 4.69) is 21.7 Å². The van der Waals surface area contributed by atoms with Gasteiger partial charge in [0.25, 0.3) is 0 Å². The van der Waals surface area contributed by atoms with Gasteiger partial charge in [-0.3, -0.25) is 9.69 Å². The van der Waals surface area contributed by atoms with Gasteiger partial charge in [-0.1, -0.05) is 12.1 Å². The molecule has 0 radical (unpaired) electrons. The van der Waals surface area contributed by atoms with Crippen LogP contribution in [0.4, 0.5) is 9.18 Å². The molecule has 2 bridgehead atoms. The van der Waals surface area contributed by atoms with E-state index >= 15 is 0 Å². The van der Waals surface area contributed by atoms with E-state index in [1.54, 1.807) is 11.0 Å². The Morgan fingerprint density at radius 1 is 1.22 bits per heavy atom. The van der Waals surface area contributed by atoms with E-state index in [4.69, 9.17) is 9.72 Å². The number of aromatic nitrogens is 2. The third-order valence-electron chi connectivity index (χ3n) is 8.19. The molecule has 4 atom stereocenters. The molecule has 4 heterocycles. The zero-order valence-electron chi connectivity index (χ0n) is 21.4. The maximum Gasteiger partial charge on any atom is 0.409 e. The summed E-state index contributed by atoms with van der Waals surface area (Å²) in [6.07, 6.45) is 5.76. The van der Waals surface area contributed by atoms with Gasteiger partial charge in [-0.05, 0) is 56.7 Å². The Kier molecular flexibility index (Phi) is 7.01. The smallest absolute Gasteiger partial charge is 0.409 e. The molecule has 2 saturated heterocycles. The van der Waals surface area contributed by atoms with Gasteiger partial charge in [-0.2, -0.15) is 0 Å². The number of hydrogen-bond acceptors (Lipinski definition) is 5. The Labute approximate surface area is 211 Å². The largest absolute Gasteiger partial charge is 0.453 e. The van der Waals surface area contributed by atoms with Crippen LogP contribution < -0.4 is 5.32 Å². The number of imidazole rings is 1. The fraction of sp³-hybridized carbons (Fsp3) is 0.593. The van der Waals surface area contributed by atoms with Crippen LogP contribution in [0, 0.1) is 12.7 Å². The fourth-order valence-corrected chi connectivity index (χ4v) is 6.70. The van der Waals surface area contributed by atoms with Crippen molar-refractivity contribution in [3.63, 3.8) is 0 Å². The highest BCUT2D eigenvalue weighted by atomic mass is 19.1. The summed E-state index contributed by atoms with van der Waals surface area (Å²) >= 11 is 0. The number of amides is 2. The lowest BCUT2D eigenvalue weighted by Crippen LogP contribution is -2.45. The minimum absolute atomic E-state index is 0.0999. The average molecular weight is 498 g/mol. The first kappa shape index (κ1) is 24.7. The number of hydrogen-bond donors (Lipinski definition) is 1. The van der Waals surface area contributed by atoms with Crippen LogP contribution in [0.2, 0.25) is 0 Å². The number of methoxy groups -OCH3 is 1. The number of carbonyl (C=O) groups is 2. The molecule has 8 nitrogen and oxygen atoms in total. The van der Waals surface area contributed by atoms with Gasteiger partial charge >= 0.3 is 6.09 Å². The van der Waals surface area contributed by atoms with E-state index < -0.39 is 0 Å². The molecular formula is C27H36FN5O3. The van der Waals surface area contributed by atoms with Gasteiger partial charge in [-0.15, -0.1) is 0 Å². The molecule has 9 heteroatoms.